The molecule has 1 fully saturated rings. The molecule has 0 saturated carbocycles. The van der Waals surface area contributed by atoms with E-state index >= 15 is 0 Å². The van der Waals surface area contributed by atoms with E-state index in [9.17, 15) is 8.42 Å². The summed E-state index contributed by atoms with van der Waals surface area (Å²) in [5, 5.41) is 0. The Labute approximate surface area is 102 Å². The Morgan fingerprint density at radius 2 is 1.94 bits per heavy atom. The summed E-state index contributed by atoms with van der Waals surface area (Å²) in [6.45, 7) is 4.66. The van der Waals surface area contributed by atoms with E-state index in [4.69, 9.17) is 16.3 Å². The first kappa shape index (κ1) is 14.2. The molecule has 5 nitrogen and oxygen atoms in total. The number of morpholine rings is 1. The van der Waals surface area contributed by atoms with Crippen molar-refractivity contribution < 1.29 is 13.2 Å². The lowest BCUT2D eigenvalue weighted by Crippen LogP contribution is -2.49. The van der Waals surface area contributed by atoms with Gasteiger partial charge in [0.25, 0.3) is 10.2 Å². The summed E-state index contributed by atoms with van der Waals surface area (Å²) in [6.07, 6.45) is 0.792. The van der Waals surface area contributed by atoms with E-state index in [1.807, 2.05) is 6.92 Å². The molecule has 0 N–H and O–H groups in total. The zero-order valence-corrected chi connectivity index (χ0v) is 11.1. The van der Waals surface area contributed by atoms with E-state index in [1.165, 1.54) is 8.61 Å². The molecule has 7 heteroatoms. The second kappa shape index (κ2) is 6.76. The monoisotopic (exact) mass is 270 g/mol. The summed E-state index contributed by atoms with van der Waals surface area (Å²) in [7, 11) is -3.35. The minimum atomic E-state index is -3.35. The number of halogens is 1. The smallest absolute Gasteiger partial charge is 0.282 e. The van der Waals surface area contributed by atoms with Gasteiger partial charge in [0.15, 0.2) is 0 Å². The number of alkyl halides is 1. The van der Waals surface area contributed by atoms with Crippen LogP contribution >= 0.6 is 11.6 Å². The Balaban J connectivity index is 2.70. The Hall–Kier alpha value is 0.120. The topological polar surface area (TPSA) is 49.9 Å². The fourth-order valence-corrected chi connectivity index (χ4v) is 3.60. The minimum absolute atomic E-state index is 0.323. The van der Waals surface area contributed by atoms with Crippen LogP contribution in [0.4, 0.5) is 0 Å². The molecule has 0 aliphatic carbocycles. The molecule has 16 heavy (non-hydrogen) atoms. The van der Waals surface area contributed by atoms with Gasteiger partial charge >= 0.3 is 0 Å². The maximum Gasteiger partial charge on any atom is 0.282 e. The molecule has 0 radical (unpaired) electrons. The number of rotatable bonds is 6. The van der Waals surface area contributed by atoms with Crippen molar-refractivity contribution in [2.24, 2.45) is 0 Å². The number of hydrogen-bond acceptors (Lipinski definition) is 3. The van der Waals surface area contributed by atoms with E-state index < -0.39 is 10.2 Å². The number of hydrogen-bond donors (Lipinski definition) is 0. The molecular formula is C9H19ClN2O3S. The van der Waals surface area contributed by atoms with Gasteiger partial charge in [0, 0.05) is 32.1 Å². The van der Waals surface area contributed by atoms with Crippen LogP contribution in [0.15, 0.2) is 0 Å². The molecule has 0 bridgehead atoms. The SMILES string of the molecule is CCCN(CCCl)S(=O)(=O)N1CCOCC1. The maximum absolute atomic E-state index is 12.2. The number of nitrogens with zero attached hydrogens (tertiary/aromatic N) is 2. The maximum atomic E-state index is 12.2. The zero-order chi connectivity index (χ0) is 12.0. The predicted octanol–water partition coefficient (Wildman–Crippen LogP) is 0.514. The molecular weight excluding hydrogens is 252 g/mol. The van der Waals surface area contributed by atoms with E-state index in [1.54, 1.807) is 0 Å². The van der Waals surface area contributed by atoms with Crippen LogP contribution in [0.25, 0.3) is 0 Å². The van der Waals surface area contributed by atoms with Gasteiger partial charge in [-0.3, -0.25) is 0 Å². The van der Waals surface area contributed by atoms with Crippen LogP contribution < -0.4 is 0 Å². The summed E-state index contributed by atoms with van der Waals surface area (Å²) < 4.78 is 32.5. The van der Waals surface area contributed by atoms with Gasteiger partial charge in [-0.25, -0.2) is 0 Å². The van der Waals surface area contributed by atoms with Gasteiger partial charge in [-0.1, -0.05) is 6.92 Å². The largest absolute Gasteiger partial charge is 0.379 e. The van der Waals surface area contributed by atoms with E-state index in [0.717, 1.165) is 6.42 Å². The lowest BCUT2D eigenvalue weighted by molar-refractivity contribution is 0.0702. The van der Waals surface area contributed by atoms with Gasteiger partial charge in [-0.05, 0) is 6.42 Å². The molecule has 1 aliphatic heterocycles. The lowest BCUT2D eigenvalue weighted by atomic mass is 10.5. The van der Waals surface area contributed by atoms with Gasteiger partial charge in [0.2, 0.25) is 0 Å². The molecule has 1 rings (SSSR count). The summed E-state index contributed by atoms with van der Waals surface area (Å²) in [4.78, 5) is 0. The van der Waals surface area contributed by atoms with Crippen LogP contribution in [0.3, 0.4) is 0 Å². The number of ether oxygens (including phenoxy) is 1. The van der Waals surface area contributed by atoms with Gasteiger partial charge in [-0.15, -0.1) is 11.6 Å². The summed E-state index contributed by atoms with van der Waals surface area (Å²) in [5.74, 6) is 0.323. The fraction of sp³-hybridized carbons (Fsp3) is 1.00. The molecule has 0 amide bonds. The van der Waals surface area contributed by atoms with Crippen LogP contribution in [-0.2, 0) is 14.9 Å². The van der Waals surface area contributed by atoms with Gasteiger partial charge in [-0.2, -0.15) is 17.0 Å². The third-order valence-electron chi connectivity index (χ3n) is 2.43. The van der Waals surface area contributed by atoms with Crippen molar-refractivity contribution >= 4 is 21.8 Å². The highest BCUT2D eigenvalue weighted by Gasteiger charge is 2.29. The third kappa shape index (κ3) is 3.56. The van der Waals surface area contributed by atoms with Crippen molar-refractivity contribution in [3.05, 3.63) is 0 Å². The highest BCUT2D eigenvalue weighted by molar-refractivity contribution is 7.86. The van der Waals surface area contributed by atoms with Gasteiger partial charge in [0.1, 0.15) is 0 Å². The zero-order valence-electron chi connectivity index (χ0n) is 9.56. The van der Waals surface area contributed by atoms with E-state index in [2.05, 4.69) is 0 Å². The summed E-state index contributed by atoms with van der Waals surface area (Å²) in [5.41, 5.74) is 0. The Morgan fingerprint density at radius 3 is 2.44 bits per heavy atom. The molecule has 0 atom stereocenters. The highest BCUT2D eigenvalue weighted by atomic mass is 35.5. The minimum Gasteiger partial charge on any atom is -0.379 e. The lowest BCUT2D eigenvalue weighted by Gasteiger charge is -2.31. The normalized spacial score (nSPS) is 19.2. The van der Waals surface area contributed by atoms with Crippen molar-refractivity contribution in [3.8, 4) is 0 Å². The Bertz CT molecular complexity index is 285. The highest BCUT2D eigenvalue weighted by Crippen LogP contribution is 2.11. The molecule has 0 aromatic rings. The van der Waals surface area contributed by atoms with Crippen molar-refractivity contribution in [2.45, 2.75) is 13.3 Å². The fourth-order valence-electron chi connectivity index (χ4n) is 1.63. The van der Waals surface area contributed by atoms with Crippen molar-refractivity contribution in [1.29, 1.82) is 0 Å². The van der Waals surface area contributed by atoms with Crippen molar-refractivity contribution in [3.63, 3.8) is 0 Å². The second-order valence-corrected chi connectivity index (χ2v) is 5.91. The van der Waals surface area contributed by atoms with E-state index in [0.29, 0.717) is 45.3 Å². The Morgan fingerprint density at radius 1 is 1.31 bits per heavy atom. The van der Waals surface area contributed by atoms with Gasteiger partial charge in [0.05, 0.1) is 13.2 Å². The quantitative estimate of drug-likeness (QED) is 0.661. The second-order valence-electron chi connectivity index (χ2n) is 3.61. The first-order valence-electron chi connectivity index (χ1n) is 5.52. The average Bonchev–Trinajstić information content (AvgIpc) is 2.30. The predicted molar refractivity (Wildman–Crippen MR) is 63.9 cm³/mol. The standard InChI is InChI=1S/C9H19ClN2O3S/c1-2-4-11(5-3-10)16(13,14)12-6-8-15-9-7-12/h2-9H2,1H3. The van der Waals surface area contributed by atoms with Crippen LogP contribution in [0, 0.1) is 0 Å². The average molecular weight is 271 g/mol. The van der Waals surface area contributed by atoms with Crippen LogP contribution in [0.1, 0.15) is 13.3 Å². The van der Waals surface area contributed by atoms with Crippen LogP contribution in [0.2, 0.25) is 0 Å². The molecule has 0 spiro atoms. The first-order chi connectivity index (χ1) is 7.62. The van der Waals surface area contributed by atoms with Crippen LogP contribution in [0.5, 0.6) is 0 Å². The van der Waals surface area contributed by atoms with E-state index in [-0.39, 0.29) is 0 Å². The summed E-state index contributed by atoms with van der Waals surface area (Å²) >= 11 is 5.63. The molecule has 1 aliphatic rings. The molecule has 0 unspecified atom stereocenters. The Kier molecular flexibility index (Phi) is 5.99. The summed E-state index contributed by atoms with van der Waals surface area (Å²) in [6, 6.07) is 0. The first-order valence-corrected chi connectivity index (χ1v) is 7.45. The molecule has 0 aromatic heterocycles. The third-order valence-corrected chi connectivity index (χ3v) is 4.63. The molecule has 0 aromatic carbocycles. The molecule has 1 heterocycles. The van der Waals surface area contributed by atoms with Crippen molar-refractivity contribution in [1.82, 2.24) is 8.61 Å². The molecule has 1 saturated heterocycles. The van der Waals surface area contributed by atoms with Gasteiger partial charge < -0.3 is 4.74 Å². The van der Waals surface area contributed by atoms with Crippen molar-refractivity contribution in [2.75, 3.05) is 45.3 Å². The van der Waals surface area contributed by atoms with Crippen LogP contribution in [-0.4, -0.2) is 62.3 Å². The molecule has 96 valence electrons.